The van der Waals surface area contributed by atoms with Crippen molar-refractivity contribution in [1.82, 2.24) is 9.88 Å². The van der Waals surface area contributed by atoms with Crippen LogP contribution in [0.2, 0.25) is 0 Å². The van der Waals surface area contributed by atoms with Gasteiger partial charge in [0.05, 0.1) is 5.69 Å². The number of nitrogens with zero attached hydrogens (tertiary/aromatic N) is 2. The highest BCUT2D eigenvalue weighted by Gasteiger charge is 2.07. The summed E-state index contributed by atoms with van der Waals surface area (Å²) < 4.78 is 0. The minimum Gasteiger partial charge on any atom is -0.506 e. The van der Waals surface area contributed by atoms with Gasteiger partial charge < -0.3 is 10.0 Å². The molecule has 3 nitrogen and oxygen atoms in total. The molecular weight excluding hydrogens is 164 g/mol. The van der Waals surface area contributed by atoms with E-state index in [1.54, 1.807) is 0 Å². The van der Waals surface area contributed by atoms with Gasteiger partial charge in [-0.1, -0.05) is 0 Å². The fraction of sp³-hybridized carbons (Fsp3) is 0.500. The molecule has 0 atom stereocenters. The fourth-order valence-electron chi connectivity index (χ4n) is 1.26. The summed E-state index contributed by atoms with van der Waals surface area (Å²) in [5.41, 5.74) is 2.70. The number of aromatic nitrogens is 1. The van der Waals surface area contributed by atoms with Crippen LogP contribution in [0.4, 0.5) is 0 Å². The lowest BCUT2D eigenvalue weighted by Crippen LogP contribution is -2.12. The Morgan fingerprint density at radius 1 is 1.38 bits per heavy atom. The summed E-state index contributed by atoms with van der Waals surface area (Å²) >= 11 is 0. The highest BCUT2D eigenvalue weighted by molar-refractivity contribution is 5.39. The Bertz CT molecular complexity index is 308. The second-order valence-electron chi connectivity index (χ2n) is 3.58. The predicted molar refractivity (Wildman–Crippen MR) is 52.8 cm³/mol. The van der Waals surface area contributed by atoms with Gasteiger partial charge in [-0.25, -0.2) is 0 Å². The van der Waals surface area contributed by atoms with Crippen LogP contribution >= 0.6 is 0 Å². The second kappa shape index (κ2) is 3.75. The Balaban J connectivity index is 3.04. The first-order valence-electron chi connectivity index (χ1n) is 4.31. The molecule has 0 aliphatic rings. The third-order valence-corrected chi connectivity index (χ3v) is 2.08. The van der Waals surface area contributed by atoms with Crippen LogP contribution in [-0.4, -0.2) is 29.1 Å². The molecule has 0 aliphatic heterocycles. The number of pyridine rings is 1. The van der Waals surface area contributed by atoms with Gasteiger partial charge in [0, 0.05) is 12.7 Å². The van der Waals surface area contributed by atoms with Crippen molar-refractivity contribution >= 4 is 0 Å². The van der Waals surface area contributed by atoms with Gasteiger partial charge in [0.1, 0.15) is 5.75 Å². The number of hydrogen-bond acceptors (Lipinski definition) is 3. The monoisotopic (exact) mass is 180 g/mol. The largest absolute Gasteiger partial charge is 0.506 e. The van der Waals surface area contributed by atoms with Crippen molar-refractivity contribution in [3.63, 3.8) is 0 Å². The summed E-state index contributed by atoms with van der Waals surface area (Å²) in [6, 6.07) is 0. The lowest BCUT2D eigenvalue weighted by atomic mass is 10.1. The first-order valence-corrected chi connectivity index (χ1v) is 4.31. The van der Waals surface area contributed by atoms with Crippen molar-refractivity contribution in [1.29, 1.82) is 0 Å². The molecule has 0 saturated carbocycles. The molecule has 0 radical (unpaired) electrons. The molecule has 72 valence electrons. The van der Waals surface area contributed by atoms with Crippen molar-refractivity contribution in [2.24, 2.45) is 0 Å². The van der Waals surface area contributed by atoms with Gasteiger partial charge in [0.15, 0.2) is 0 Å². The maximum absolute atomic E-state index is 9.62. The standard InChI is InChI=1S/C10H16N2O/c1-7-9(6-12(3)4)5-11-8(2)10(7)13/h5,13H,6H2,1-4H3. The van der Waals surface area contributed by atoms with Crippen LogP contribution in [-0.2, 0) is 6.54 Å². The van der Waals surface area contributed by atoms with E-state index in [4.69, 9.17) is 0 Å². The zero-order valence-corrected chi connectivity index (χ0v) is 8.63. The van der Waals surface area contributed by atoms with Crippen LogP contribution in [0.25, 0.3) is 0 Å². The normalized spacial score (nSPS) is 10.8. The summed E-state index contributed by atoms with van der Waals surface area (Å²) in [5, 5.41) is 9.62. The van der Waals surface area contributed by atoms with Crippen LogP contribution in [0, 0.1) is 13.8 Å². The maximum Gasteiger partial charge on any atom is 0.139 e. The van der Waals surface area contributed by atoms with E-state index in [1.807, 2.05) is 34.1 Å². The zero-order chi connectivity index (χ0) is 10.0. The van der Waals surface area contributed by atoms with Crippen molar-refractivity contribution in [3.8, 4) is 5.75 Å². The zero-order valence-electron chi connectivity index (χ0n) is 8.63. The van der Waals surface area contributed by atoms with Gasteiger partial charge in [0.2, 0.25) is 0 Å². The molecule has 0 amide bonds. The molecule has 0 aromatic carbocycles. The quantitative estimate of drug-likeness (QED) is 0.748. The molecule has 0 fully saturated rings. The molecule has 0 aliphatic carbocycles. The third kappa shape index (κ3) is 2.18. The molecule has 0 spiro atoms. The number of hydrogen-bond donors (Lipinski definition) is 1. The van der Waals surface area contributed by atoms with Crippen molar-refractivity contribution < 1.29 is 5.11 Å². The maximum atomic E-state index is 9.62. The molecule has 0 saturated heterocycles. The fourth-order valence-corrected chi connectivity index (χ4v) is 1.26. The Morgan fingerprint density at radius 3 is 2.54 bits per heavy atom. The smallest absolute Gasteiger partial charge is 0.139 e. The highest BCUT2D eigenvalue weighted by atomic mass is 16.3. The molecule has 1 heterocycles. The molecular formula is C10H16N2O. The van der Waals surface area contributed by atoms with Crippen LogP contribution < -0.4 is 0 Å². The van der Waals surface area contributed by atoms with Crippen molar-refractivity contribution in [3.05, 3.63) is 23.0 Å². The van der Waals surface area contributed by atoms with E-state index in [2.05, 4.69) is 9.88 Å². The van der Waals surface area contributed by atoms with Gasteiger partial charge in [-0.2, -0.15) is 0 Å². The summed E-state index contributed by atoms with van der Waals surface area (Å²) in [7, 11) is 3.99. The topological polar surface area (TPSA) is 36.4 Å². The number of rotatable bonds is 2. The summed E-state index contributed by atoms with van der Waals surface area (Å²) in [5.74, 6) is 0.319. The summed E-state index contributed by atoms with van der Waals surface area (Å²) in [6.07, 6.45) is 1.82. The van der Waals surface area contributed by atoms with Gasteiger partial charge in [-0.3, -0.25) is 4.98 Å². The molecule has 1 rings (SSSR count). The average molecular weight is 180 g/mol. The molecule has 1 N–H and O–H groups in total. The molecule has 3 heteroatoms. The SMILES string of the molecule is Cc1ncc(CN(C)C)c(C)c1O. The van der Waals surface area contributed by atoms with Crippen LogP contribution in [0.15, 0.2) is 6.20 Å². The Hall–Kier alpha value is -1.09. The van der Waals surface area contributed by atoms with Crippen molar-refractivity contribution in [2.45, 2.75) is 20.4 Å². The highest BCUT2D eigenvalue weighted by Crippen LogP contribution is 2.22. The predicted octanol–water partition coefficient (Wildman–Crippen LogP) is 1.47. The summed E-state index contributed by atoms with van der Waals surface area (Å²) in [6.45, 7) is 4.54. The van der Waals surface area contributed by atoms with Crippen molar-refractivity contribution in [2.75, 3.05) is 14.1 Å². The minimum atomic E-state index is 0.319. The Kier molecular flexibility index (Phi) is 2.88. The molecule has 0 bridgehead atoms. The Labute approximate surface area is 79.0 Å². The van der Waals surface area contributed by atoms with Gasteiger partial charge in [-0.15, -0.1) is 0 Å². The van der Waals surface area contributed by atoms with E-state index >= 15 is 0 Å². The van der Waals surface area contributed by atoms with E-state index in [-0.39, 0.29) is 0 Å². The van der Waals surface area contributed by atoms with E-state index < -0.39 is 0 Å². The lowest BCUT2D eigenvalue weighted by molar-refractivity contribution is 0.397. The van der Waals surface area contributed by atoms with Crippen LogP contribution in [0.5, 0.6) is 5.75 Å². The van der Waals surface area contributed by atoms with E-state index in [0.717, 1.165) is 17.7 Å². The van der Waals surface area contributed by atoms with Gasteiger partial charge >= 0.3 is 0 Å². The second-order valence-corrected chi connectivity index (χ2v) is 3.58. The molecule has 1 aromatic rings. The van der Waals surface area contributed by atoms with E-state index in [0.29, 0.717) is 11.4 Å². The van der Waals surface area contributed by atoms with Crippen LogP contribution in [0.1, 0.15) is 16.8 Å². The first-order chi connectivity index (χ1) is 6.02. The molecule has 0 unspecified atom stereocenters. The lowest BCUT2D eigenvalue weighted by Gasteiger charge is -2.13. The average Bonchev–Trinajstić information content (AvgIpc) is 2.06. The van der Waals surface area contributed by atoms with E-state index in [9.17, 15) is 5.11 Å². The van der Waals surface area contributed by atoms with Crippen LogP contribution in [0.3, 0.4) is 0 Å². The Morgan fingerprint density at radius 2 is 2.00 bits per heavy atom. The number of aromatic hydroxyl groups is 1. The number of aryl methyl sites for hydroxylation is 1. The molecule has 1 aromatic heterocycles. The third-order valence-electron chi connectivity index (χ3n) is 2.08. The molecule has 13 heavy (non-hydrogen) atoms. The minimum absolute atomic E-state index is 0.319. The van der Waals surface area contributed by atoms with Gasteiger partial charge in [-0.05, 0) is 39.1 Å². The van der Waals surface area contributed by atoms with Gasteiger partial charge in [0.25, 0.3) is 0 Å². The van der Waals surface area contributed by atoms with E-state index in [1.165, 1.54) is 0 Å². The summed E-state index contributed by atoms with van der Waals surface area (Å²) in [4.78, 5) is 6.17. The first kappa shape index (κ1) is 9.99.